The molecule has 1 N–H and O–H groups in total. The molecule has 0 unspecified atom stereocenters. The SMILES string of the molecule is CCCNN1CCc2cc(OC)c(OC)cc2C1. The number of nitrogens with zero attached hydrogens (tertiary/aromatic N) is 1. The number of nitrogens with one attached hydrogen (secondary N) is 1. The quantitative estimate of drug-likeness (QED) is 0.866. The van der Waals surface area contributed by atoms with Gasteiger partial charge >= 0.3 is 0 Å². The van der Waals surface area contributed by atoms with Gasteiger partial charge in [-0.3, -0.25) is 5.43 Å². The first-order valence-electron chi connectivity index (χ1n) is 6.50. The maximum absolute atomic E-state index is 5.35. The normalized spacial score (nSPS) is 15.3. The van der Waals surface area contributed by atoms with Crippen LogP contribution in [-0.2, 0) is 13.0 Å². The molecule has 0 radical (unpaired) electrons. The summed E-state index contributed by atoms with van der Waals surface area (Å²) in [6.45, 7) is 5.18. The molecule has 0 bridgehead atoms. The van der Waals surface area contributed by atoms with Crippen molar-refractivity contribution in [1.82, 2.24) is 10.4 Å². The zero-order valence-electron chi connectivity index (χ0n) is 11.5. The Morgan fingerprint density at radius 2 is 1.83 bits per heavy atom. The Bertz CT molecular complexity index is 407. The molecule has 18 heavy (non-hydrogen) atoms. The van der Waals surface area contributed by atoms with Crippen molar-refractivity contribution in [2.75, 3.05) is 27.3 Å². The molecule has 0 saturated heterocycles. The zero-order chi connectivity index (χ0) is 13.0. The standard InChI is InChI=1S/C14H22N2O2/c1-4-6-15-16-7-5-11-8-13(17-2)14(18-3)9-12(11)10-16/h8-9,15H,4-7,10H2,1-3H3. The highest BCUT2D eigenvalue weighted by atomic mass is 16.5. The van der Waals surface area contributed by atoms with E-state index >= 15 is 0 Å². The number of methoxy groups -OCH3 is 2. The lowest BCUT2D eigenvalue weighted by Crippen LogP contribution is -2.41. The highest BCUT2D eigenvalue weighted by Crippen LogP contribution is 2.32. The number of hydrogen-bond donors (Lipinski definition) is 1. The molecule has 1 aliphatic rings. The number of hydrazine groups is 1. The first-order valence-corrected chi connectivity index (χ1v) is 6.50. The van der Waals surface area contributed by atoms with E-state index in [1.165, 1.54) is 11.1 Å². The average molecular weight is 250 g/mol. The Labute approximate surface area is 109 Å². The molecular formula is C14H22N2O2. The van der Waals surface area contributed by atoms with Gasteiger partial charge in [0.05, 0.1) is 14.2 Å². The van der Waals surface area contributed by atoms with E-state index < -0.39 is 0 Å². The summed E-state index contributed by atoms with van der Waals surface area (Å²) < 4.78 is 10.7. The van der Waals surface area contributed by atoms with Gasteiger partial charge in [-0.25, -0.2) is 5.01 Å². The van der Waals surface area contributed by atoms with Gasteiger partial charge < -0.3 is 9.47 Å². The van der Waals surface area contributed by atoms with Crippen molar-refractivity contribution in [3.63, 3.8) is 0 Å². The highest BCUT2D eigenvalue weighted by molar-refractivity contribution is 5.48. The lowest BCUT2D eigenvalue weighted by molar-refractivity contribution is 0.169. The first kappa shape index (κ1) is 13.2. The summed E-state index contributed by atoms with van der Waals surface area (Å²) in [6, 6.07) is 4.19. The fourth-order valence-electron chi connectivity index (χ4n) is 2.29. The van der Waals surface area contributed by atoms with E-state index in [1.807, 2.05) is 0 Å². The maximum atomic E-state index is 5.35. The predicted octanol–water partition coefficient (Wildman–Crippen LogP) is 1.98. The number of rotatable bonds is 5. The maximum Gasteiger partial charge on any atom is 0.161 e. The average Bonchev–Trinajstić information content (AvgIpc) is 2.43. The molecule has 2 rings (SSSR count). The van der Waals surface area contributed by atoms with Crippen LogP contribution in [0.4, 0.5) is 0 Å². The smallest absolute Gasteiger partial charge is 0.161 e. The van der Waals surface area contributed by atoms with E-state index in [9.17, 15) is 0 Å². The highest BCUT2D eigenvalue weighted by Gasteiger charge is 2.18. The van der Waals surface area contributed by atoms with Crippen molar-refractivity contribution in [1.29, 1.82) is 0 Å². The molecule has 0 spiro atoms. The lowest BCUT2D eigenvalue weighted by Gasteiger charge is -2.29. The van der Waals surface area contributed by atoms with Crippen LogP contribution < -0.4 is 14.9 Å². The van der Waals surface area contributed by atoms with E-state index in [0.717, 1.165) is 44.0 Å². The molecule has 4 nitrogen and oxygen atoms in total. The summed E-state index contributed by atoms with van der Waals surface area (Å²) in [5.41, 5.74) is 6.12. The molecule has 1 aliphatic heterocycles. The van der Waals surface area contributed by atoms with E-state index in [0.29, 0.717) is 0 Å². The summed E-state index contributed by atoms with van der Waals surface area (Å²) in [5, 5.41) is 2.28. The van der Waals surface area contributed by atoms with Gasteiger partial charge in [0.1, 0.15) is 0 Å². The number of benzene rings is 1. The predicted molar refractivity (Wildman–Crippen MR) is 72.0 cm³/mol. The summed E-state index contributed by atoms with van der Waals surface area (Å²) >= 11 is 0. The van der Waals surface area contributed by atoms with Crippen molar-refractivity contribution in [2.45, 2.75) is 26.3 Å². The third-order valence-corrected chi connectivity index (χ3v) is 3.30. The zero-order valence-corrected chi connectivity index (χ0v) is 11.5. The van der Waals surface area contributed by atoms with Crippen LogP contribution in [0, 0.1) is 0 Å². The van der Waals surface area contributed by atoms with E-state index in [4.69, 9.17) is 9.47 Å². The minimum absolute atomic E-state index is 0.814. The molecule has 1 aromatic rings. The van der Waals surface area contributed by atoms with Gasteiger partial charge in [0.25, 0.3) is 0 Å². The van der Waals surface area contributed by atoms with Crippen molar-refractivity contribution in [3.8, 4) is 11.5 Å². The minimum atomic E-state index is 0.814. The number of hydrogen-bond acceptors (Lipinski definition) is 4. The minimum Gasteiger partial charge on any atom is -0.493 e. The first-order chi connectivity index (χ1) is 8.78. The molecule has 100 valence electrons. The Morgan fingerprint density at radius 3 is 2.44 bits per heavy atom. The van der Waals surface area contributed by atoms with Crippen molar-refractivity contribution < 1.29 is 9.47 Å². The molecular weight excluding hydrogens is 228 g/mol. The summed E-state index contributed by atoms with van der Waals surface area (Å²) in [6.07, 6.45) is 2.20. The Kier molecular flexibility index (Phi) is 4.44. The van der Waals surface area contributed by atoms with Crippen LogP contribution in [0.5, 0.6) is 11.5 Å². The fourth-order valence-corrected chi connectivity index (χ4v) is 2.29. The van der Waals surface area contributed by atoms with Gasteiger partial charge in [0, 0.05) is 19.6 Å². The van der Waals surface area contributed by atoms with Gasteiger partial charge in [-0.05, 0) is 36.1 Å². The molecule has 0 aromatic heterocycles. The Morgan fingerprint density at radius 1 is 1.17 bits per heavy atom. The van der Waals surface area contributed by atoms with Crippen LogP contribution in [0.25, 0.3) is 0 Å². The van der Waals surface area contributed by atoms with Crippen LogP contribution in [0.3, 0.4) is 0 Å². The van der Waals surface area contributed by atoms with Gasteiger partial charge in [-0.15, -0.1) is 0 Å². The van der Waals surface area contributed by atoms with Crippen molar-refractivity contribution in [3.05, 3.63) is 23.3 Å². The third kappa shape index (κ3) is 2.76. The van der Waals surface area contributed by atoms with Gasteiger partial charge in [-0.2, -0.15) is 0 Å². The van der Waals surface area contributed by atoms with Crippen LogP contribution in [-0.4, -0.2) is 32.3 Å². The number of ether oxygens (including phenoxy) is 2. The third-order valence-electron chi connectivity index (χ3n) is 3.30. The van der Waals surface area contributed by atoms with Crippen molar-refractivity contribution in [2.24, 2.45) is 0 Å². The number of fused-ring (bicyclic) bond motifs is 1. The Hall–Kier alpha value is -1.26. The topological polar surface area (TPSA) is 33.7 Å². The molecule has 0 fully saturated rings. The summed E-state index contributed by atoms with van der Waals surface area (Å²) in [7, 11) is 3.36. The summed E-state index contributed by atoms with van der Waals surface area (Å²) in [5.74, 6) is 1.64. The molecule has 0 atom stereocenters. The molecule has 1 heterocycles. The molecule has 0 amide bonds. The van der Waals surface area contributed by atoms with Crippen LogP contribution in [0.15, 0.2) is 12.1 Å². The molecule has 1 aromatic carbocycles. The van der Waals surface area contributed by atoms with E-state index in [2.05, 4.69) is 29.5 Å². The summed E-state index contributed by atoms with van der Waals surface area (Å²) in [4.78, 5) is 0. The largest absolute Gasteiger partial charge is 0.493 e. The molecule has 0 aliphatic carbocycles. The Balaban J connectivity index is 2.16. The second-order valence-electron chi connectivity index (χ2n) is 4.56. The monoisotopic (exact) mass is 250 g/mol. The van der Waals surface area contributed by atoms with Gasteiger partial charge in [0.2, 0.25) is 0 Å². The van der Waals surface area contributed by atoms with E-state index in [1.54, 1.807) is 14.2 Å². The van der Waals surface area contributed by atoms with Gasteiger partial charge in [-0.1, -0.05) is 6.92 Å². The molecule has 4 heteroatoms. The van der Waals surface area contributed by atoms with Crippen LogP contribution in [0.2, 0.25) is 0 Å². The van der Waals surface area contributed by atoms with Crippen LogP contribution in [0.1, 0.15) is 24.5 Å². The molecule has 0 saturated carbocycles. The van der Waals surface area contributed by atoms with Crippen LogP contribution >= 0.6 is 0 Å². The van der Waals surface area contributed by atoms with Gasteiger partial charge in [0.15, 0.2) is 11.5 Å². The van der Waals surface area contributed by atoms with Crippen molar-refractivity contribution >= 4 is 0 Å². The lowest BCUT2D eigenvalue weighted by atomic mass is 10.00. The second kappa shape index (κ2) is 6.07. The fraction of sp³-hybridized carbons (Fsp3) is 0.571. The van der Waals surface area contributed by atoms with E-state index in [-0.39, 0.29) is 0 Å². The second-order valence-corrected chi connectivity index (χ2v) is 4.56.